The van der Waals surface area contributed by atoms with Gasteiger partial charge in [0.2, 0.25) is 5.82 Å². The molecule has 0 saturated carbocycles. The fourth-order valence-electron chi connectivity index (χ4n) is 2.49. The molecular weight excluding hydrogens is 422 g/mol. The smallest absolute Gasteiger partial charge is 0.204 e. The zero-order valence-corrected chi connectivity index (χ0v) is 15.6. The number of amidine groups is 1. The second-order valence-corrected chi connectivity index (χ2v) is 6.38. The Morgan fingerprint density at radius 2 is 1.93 bits per heavy atom. The Labute approximate surface area is 171 Å². The van der Waals surface area contributed by atoms with Crippen LogP contribution < -0.4 is 5.06 Å². The highest BCUT2D eigenvalue weighted by Gasteiger charge is 2.22. The summed E-state index contributed by atoms with van der Waals surface area (Å²) in [6, 6.07) is 8.98. The van der Waals surface area contributed by atoms with Crippen LogP contribution in [0.15, 0.2) is 47.1 Å². The molecule has 0 aliphatic carbocycles. The molecule has 152 valence electrons. The van der Waals surface area contributed by atoms with E-state index >= 15 is 0 Å². The molecule has 13 heteroatoms. The summed E-state index contributed by atoms with van der Waals surface area (Å²) >= 11 is 5.71. The molecule has 30 heavy (non-hydrogen) atoms. The van der Waals surface area contributed by atoms with E-state index in [9.17, 15) is 14.0 Å². The van der Waals surface area contributed by atoms with Gasteiger partial charge in [-0.25, -0.2) is 18.5 Å². The van der Waals surface area contributed by atoms with Crippen LogP contribution in [0.3, 0.4) is 0 Å². The van der Waals surface area contributed by atoms with E-state index in [1.165, 1.54) is 35.1 Å². The molecule has 0 radical (unpaired) electrons. The molecule has 2 heterocycles. The van der Waals surface area contributed by atoms with Gasteiger partial charge in [0.1, 0.15) is 23.9 Å². The molecular formula is C17H11ClF2N8O2. The van der Waals surface area contributed by atoms with Gasteiger partial charge in [0.05, 0.1) is 10.7 Å². The lowest BCUT2D eigenvalue weighted by atomic mass is 10.2. The second-order valence-electron chi connectivity index (χ2n) is 5.97. The highest BCUT2D eigenvalue weighted by atomic mass is 35.5. The number of rotatable bonds is 5. The highest BCUT2D eigenvalue weighted by molar-refractivity contribution is 6.31. The summed E-state index contributed by atoms with van der Waals surface area (Å²) < 4.78 is 31.1. The second kappa shape index (κ2) is 7.93. The molecule has 0 spiro atoms. The van der Waals surface area contributed by atoms with Gasteiger partial charge < -0.3 is 0 Å². The molecule has 0 bridgehead atoms. The van der Waals surface area contributed by atoms with Gasteiger partial charge >= 0.3 is 0 Å². The lowest BCUT2D eigenvalue weighted by Gasteiger charge is -2.16. The van der Waals surface area contributed by atoms with Crippen molar-refractivity contribution in [1.82, 2.24) is 30.5 Å². The van der Waals surface area contributed by atoms with Crippen molar-refractivity contribution in [3.8, 4) is 11.4 Å². The molecule has 0 amide bonds. The molecule has 0 atom stereocenters. The number of hydroxylamine groups is 1. The van der Waals surface area contributed by atoms with Crippen LogP contribution in [-0.2, 0) is 6.54 Å². The Hall–Kier alpha value is -3.77. The Morgan fingerprint density at radius 1 is 1.17 bits per heavy atom. The maximum atomic E-state index is 13.3. The fourth-order valence-corrected chi connectivity index (χ4v) is 2.67. The first-order valence-corrected chi connectivity index (χ1v) is 8.68. The van der Waals surface area contributed by atoms with Crippen molar-refractivity contribution in [2.45, 2.75) is 6.54 Å². The zero-order chi connectivity index (χ0) is 21.3. The minimum atomic E-state index is -0.668. The first-order chi connectivity index (χ1) is 14.4. The number of benzene rings is 2. The molecule has 0 aliphatic heterocycles. The predicted molar refractivity (Wildman–Crippen MR) is 99.1 cm³/mol. The molecule has 10 nitrogen and oxygen atoms in total. The third-order valence-corrected chi connectivity index (χ3v) is 4.28. The van der Waals surface area contributed by atoms with E-state index in [4.69, 9.17) is 17.0 Å². The summed E-state index contributed by atoms with van der Waals surface area (Å²) in [6.45, 7) is -0.0760. The van der Waals surface area contributed by atoms with Crippen molar-refractivity contribution in [2.24, 2.45) is 0 Å². The van der Waals surface area contributed by atoms with E-state index in [-0.39, 0.29) is 40.3 Å². The van der Waals surface area contributed by atoms with Gasteiger partial charge in [-0.2, -0.15) is 4.80 Å². The van der Waals surface area contributed by atoms with Gasteiger partial charge in [-0.15, -0.1) is 10.2 Å². The average molecular weight is 433 g/mol. The number of nitrogens with one attached hydrogen (secondary N) is 1. The largest absolute Gasteiger partial charge is 0.282 e. The van der Waals surface area contributed by atoms with Crippen LogP contribution >= 0.6 is 11.6 Å². The van der Waals surface area contributed by atoms with Crippen LogP contribution in [0.4, 0.5) is 14.5 Å². The Morgan fingerprint density at radius 3 is 2.67 bits per heavy atom. The summed E-state index contributed by atoms with van der Waals surface area (Å²) in [5.74, 6) is -1.29. The molecule has 4 aromatic rings. The SMILES string of the molecule is N=C(c1nonc1Cn1nnc(-c2ccc(F)cc2)n1)N(O)c1ccc(F)c(Cl)c1. The molecule has 0 saturated heterocycles. The van der Waals surface area contributed by atoms with Crippen molar-refractivity contribution < 1.29 is 18.6 Å². The van der Waals surface area contributed by atoms with Gasteiger partial charge in [0, 0.05) is 5.56 Å². The van der Waals surface area contributed by atoms with Crippen molar-refractivity contribution >= 4 is 23.1 Å². The first-order valence-electron chi connectivity index (χ1n) is 8.30. The third kappa shape index (κ3) is 3.86. The lowest BCUT2D eigenvalue weighted by Crippen LogP contribution is -2.28. The van der Waals surface area contributed by atoms with Crippen LogP contribution in [0.2, 0.25) is 5.02 Å². The Bertz CT molecular complexity index is 1210. The molecule has 2 N–H and O–H groups in total. The van der Waals surface area contributed by atoms with Crippen LogP contribution in [0.5, 0.6) is 0 Å². The summed E-state index contributed by atoms with van der Waals surface area (Å²) in [5, 5.41) is 37.9. The van der Waals surface area contributed by atoms with Gasteiger partial charge in [0.25, 0.3) is 0 Å². The van der Waals surface area contributed by atoms with E-state index in [1.54, 1.807) is 0 Å². The topological polar surface area (TPSA) is 130 Å². The minimum absolute atomic E-state index is 0.0397. The maximum Gasteiger partial charge on any atom is 0.204 e. The van der Waals surface area contributed by atoms with Gasteiger partial charge in [-0.05, 0) is 52.8 Å². The summed E-state index contributed by atoms with van der Waals surface area (Å²) in [5.41, 5.74) is 0.635. The molecule has 0 aliphatic rings. The fraction of sp³-hybridized carbons (Fsp3) is 0.0588. The predicted octanol–water partition coefficient (Wildman–Crippen LogP) is 2.92. The van der Waals surface area contributed by atoms with Crippen molar-refractivity contribution in [2.75, 3.05) is 5.06 Å². The summed E-state index contributed by atoms with van der Waals surface area (Å²) in [4.78, 5) is 1.17. The van der Waals surface area contributed by atoms with Crippen molar-refractivity contribution in [3.63, 3.8) is 0 Å². The molecule has 2 aromatic heterocycles. The van der Waals surface area contributed by atoms with E-state index in [2.05, 4.69) is 30.4 Å². The van der Waals surface area contributed by atoms with Crippen molar-refractivity contribution in [1.29, 1.82) is 5.41 Å². The third-order valence-electron chi connectivity index (χ3n) is 3.99. The van der Waals surface area contributed by atoms with Crippen LogP contribution in [-0.4, -0.2) is 41.6 Å². The highest BCUT2D eigenvalue weighted by Crippen LogP contribution is 2.23. The van der Waals surface area contributed by atoms with E-state index < -0.39 is 11.7 Å². The number of anilines is 1. The number of aromatic nitrogens is 6. The Kier molecular flexibility index (Phi) is 5.16. The standard InChI is InChI=1S/C17H11ClF2N8O2/c18-12-7-11(5-6-13(12)20)28(29)16(21)15-14(24-30-25-15)8-27-23-17(22-26-27)9-1-3-10(19)4-2-9/h1-7,21,29H,8H2. The molecule has 0 unspecified atom stereocenters. The molecule has 0 fully saturated rings. The quantitative estimate of drug-likeness (QED) is 0.279. The minimum Gasteiger partial charge on any atom is -0.282 e. The number of nitrogens with zero attached hydrogens (tertiary/aromatic N) is 7. The average Bonchev–Trinajstić information content (AvgIpc) is 3.39. The number of hydrogen-bond donors (Lipinski definition) is 2. The van der Waals surface area contributed by atoms with E-state index in [1.807, 2.05) is 0 Å². The Balaban J connectivity index is 1.54. The first kappa shape index (κ1) is 19.5. The van der Waals surface area contributed by atoms with Crippen LogP contribution in [0.25, 0.3) is 11.4 Å². The maximum absolute atomic E-state index is 13.3. The zero-order valence-electron chi connectivity index (χ0n) is 14.9. The van der Waals surface area contributed by atoms with E-state index in [0.29, 0.717) is 10.6 Å². The van der Waals surface area contributed by atoms with Crippen molar-refractivity contribution in [3.05, 3.63) is 70.5 Å². The molecule has 2 aromatic carbocycles. The summed E-state index contributed by atoms with van der Waals surface area (Å²) in [6.07, 6.45) is 0. The summed E-state index contributed by atoms with van der Waals surface area (Å²) in [7, 11) is 0. The lowest BCUT2D eigenvalue weighted by molar-refractivity contribution is 0.297. The monoisotopic (exact) mass is 432 g/mol. The normalized spacial score (nSPS) is 10.9. The van der Waals surface area contributed by atoms with Gasteiger partial charge in [-0.3, -0.25) is 10.6 Å². The van der Waals surface area contributed by atoms with Gasteiger partial charge in [-0.1, -0.05) is 16.8 Å². The van der Waals surface area contributed by atoms with Crippen LogP contribution in [0.1, 0.15) is 11.4 Å². The van der Waals surface area contributed by atoms with Gasteiger partial charge in [0.15, 0.2) is 11.5 Å². The van der Waals surface area contributed by atoms with Crippen LogP contribution in [0, 0.1) is 17.0 Å². The number of hydrogen-bond acceptors (Lipinski definition) is 8. The number of halogens is 3. The molecule has 4 rings (SSSR count). The van der Waals surface area contributed by atoms with E-state index in [0.717, 1.165) is 12.1 Å². The number of tetrazole rings is 1.